The monoisotopic (exact) mass is 297 g/mol. The Bertz CT molecular complexity index is 732. The van der Waals surface area contributed by atoms with Crippen LogP contribution in [0.25, 0.3) is 11.4 Å². The van der Waals surface area contributed by atoms with E-state index in [0.717, 1.165) is 11.4 Å². The third-order valence-corrected chi connectivity index (χ3v) is 3.89. The molecule has 0 N–H and O–H groups in total. The lowest BCUT2D eigenvalue weighted by atomic mass is 10.1. The van der Waals surface area contributed by atoms with Crippen molar-refractivity contribution in [3.8, 4) is 11.4 Å². The van der Waals surface area contributed by atoms with Crippen molar-refractivity contribution < 1.29 is 0 Å². The van der Waals surface area contributed by atoms with Gasteiger partial charge in [-0.05, 0) is 31.0 Å². The van der Waals surface area contributed by atoms with Crippen molar-refractivity contribution in [1.29, 1.82) is 0 Å². The van der Waals surface area contributed by atoms with Crippen LogP contribution >= 0.6 is 11.6 Å². The van der Waals surface area contributed by atoms with Crippen LogP contribution in [0.15, 0.2) is 54.6 Å². The lowest BCUT2D eigenvalue weighted by Gasteiger charge is -2.17. The summed E-state index contributed by atoms with van der Waals surface area (Å²) in [6, 6.07) is 18.5. The number of hydrogen-bond acceptors (Lipinski definition) is 2. The maximum atomic E-state index is 6.26. The van der Waals surface area contributed by atoms with E-state index in [-0.39, 0.29) is 6.04 Å². The largest absolute Gasteiger partial charge is 0.290 e. The van der Waals surface area contributed by atoms with Crippen molar-refractivity contribution in [2.75, 3.05) is 0 Å². The number of halogens is 1. The molecule has 0 saturated heterocycles. The molecule has 0 saturated carbocycles. The predicted molar refractivity (Wildman–Crippen MR) is 85.5 cm³/mol. The quantitative estimate of drug-likeness (QED) is 0.712. The van der Waals surface area contributed by atoms with Crippen LogP contribution in [0.1, 0.15) is 24.1 Å². The Morgan fingerprint density at radius 1 is 0.952 bits per heavy atom. The lowest BCUT2D eigenvalue weighted by Crippen LogP contribution is -2.09. The maximum absolute atomic E-state index is 6.26. The second-order valence-corrected chi connectivity index (χ2v) is 5.45. The second-order valence-electron chi connectivity index (χ2n) is 5.12. The van der Waals surface area contributed by atoms with Crippen LogP contribution in [0.2, 0.25) is 5.28 Å². The van der Waals surface area contributed by atoms with Gasteiger partial charge in [-0.15, -0.1) is 10.2 Å². The van der Waals surface area contributed by atoms with Crippen molar-refractivity contribution in [3.63, 3.8) is 0 Å². The molecule has 4 heteroatoms. The molecule has 3 rings (SSSR count). The van der Waals surface area contributed by atoms with Crippen LogP contribution in [-0.4, -0.2) is 14.8 Å². The number of hydrogen-bond donors (Lipinski definition) is 0. The summed E-state index contributed by atoms with van der Waals surface area (Å²) in [5.74, 6) is 0.786. The summed E-state index contributed by atoms with van der Waals surface area (Å²) in [7, 11) is 0. The van der Waals surface area contributed by atoms with Gasteiger partial charge in [-0.2, -0.15) is 0 Å². The standard InChI is InChI=1S/C17H16ClN3/c1-12-8-10-14(11-9-12)13(2)21-16(19-20-17(21)18)15-6-4-3-5-7-15/h3-11,13H,1-2H3. The highest BCUT2D eigenvalue weighted by Gasteiger charge is 2.18. The van der Waals surface area contributed by atoms with Crippen LogP contribution in [0.3, 0.4) is 0 Å². The zero-order chi connectivity index (χ0) is 14.8. The van der Waals surface area contributed by atoms with Gasteiger partial charge in [0, 0.05) is 5.56 Å². The Morgan fingerprint density at radius 3 is 2.29 bits per heavy atom. The Morgan fingerprint density at radius 2 is 1.62 bits per heavy atom. The third kappa shape index (κ3) is 2.69. The molecule has 0 spiro atoms. The molecule has 106 valence electrons. The molecule has 2 aromatic carbocycles. The predicted octanol–water partition coefficient (Wildman–Crippen LogP) is 4.52. The van der Waals surface area contributed by atoms with Gasteiger partial charge >= 0.3 is 0 Å². The molecule has 0 bridgehead atoms. The van der Waals surface area contributed by atoms with Crippen molar-refractivity contribution in [2.24, 2.45) is 0 Å². The fraction of sp³-hybridized carbons (Fsp3) is 0.176. The van der Waals surface area contributed by atoms with Gasteiger partial charge in [-0.3, -0.25) is 4.57 Å². The molecule has 3 aromatic rings. The van der Waals surface area contributed by atoms with Gasteiger partial charge in [-0.25, -0.2) is 0 Å². The van der Waals surface area contributed by atoms with Crippen LogP contribution < -0.4 is 0 Å². The van der Waals surface area contributed by atoms with E-state index in [1.165, 1.54) is 11.1 Å². The summed E-state index contributed by atoms with van der Waals surface area (Å²) >= 11 is 6.26. The van der Waals surface area contributed by atoms with E-state index in [1.807, 2.05) is 34.9 Å². The highest BCUT2D eigenvalue weighted by atomic mass is 35.5. The SMILES string of the molecule is Cc1ccc(C(C)n2c(Cl)nnc2-c2ccccc2)cc1. The van der Waals surface area contributed by atoms with Gasteiger partial charge in [0.15, 0.2) is 5.82 Å². The van der Waals surface area contributed by atoms with Gasteiger partial charge in [0.05, 0.1) is 6.04 Å². The minimum atomic E-state index is 0.0725. The first-order valence-electron chi connectivity index (χ1n) is 6.89. The average Bonchev–Trinajstić information content (AvgIpc) is 2.90. The second kappa shape index (κ2) is 5.70. The van der Waals surface area contributed by atoms with Crippen LogP contribution in [0.4, 0.5) is 0 Å². The lowest BCUT2D eigenvalue weighted by molar-refractivity contribution is 0.644. The number of aromatic nitrogens is 3. The normalized spacial score (nSPS) is 12.3. The van der Waals surface area contributed by atoms with Crippen LogP contribution in [0.5, 0.6) is 0 Å². The molecule has 1 atom stereocenters. The molecule has 1 unspecified atom stereocenters. The topological polar surface area (TPSA) is 30.7 Å². The minimum absolute atomic E-state index is 0.0725. The molecule has 1 aromatic heterocycles. The van der Waals surface area contributed by atoms with Gasteiger partial charge in [0.2, 0.25) is 5.28 Å². The van der Waals surface area contributed by atoms with E-state index >= 15 is 0 Å². The summed E-state index contributed by atoms with van der Waals surface area (Å²) in [5.41, 5.74) is 3.43. The summed E-state index contributed by atoms with van der Waals surface area (Å²) in [6.07, 6.45) is 0. The first-order chi connectivity index (χ1) is 10.2. The van der Waals surface area contributed by atoms with Gasteiger partial charge < -0.3 is 0 Å². The van der Waals surface area contributed by atoms with Crippen molar-refractivity contribution >= 4 is 11.6 Å². The molecule has 3 nitrogen and oxygen atoms in total. The molecule has 0 fully saturated rings. The van der Waals surface area contributed by atoms with Gasteiger partial charge in [0.25, 0.3) is 0 Å². The fourth-order valence-corrected chi connectivity index (χ4v) is 2.66. The maximum Gasteiger partial charge on any atom is 0.225 e. The highest BCUT2D eigenvalue weighted by molar-refractivity contribution is 6.28. The smallest absolute Gasteiger partial charge is 0.225 e. The molecule has 21 heavy (non-hydrogen) atoms. The Balaban J connectivity index is 2.06. The summed E-state index contributed by atoms with van der Waals surface area (Å²) in [5, 5.41) is 8.67. The molecule has 0 aliphatic heterocycles. The fourth-order valence-electron chi connectivity index (χ4n) is 2.39. The molecule has 1 heterocycles. The van der Waals surface area contributed by atoms with E-state index in [2.05, 4.69) is 48.3 Å². The van der Waals surface area contributed by atoms with E-state index in [0.29, 0.717) is 5.28 Å². The van der Waals surface area contributed by atoms with Gasteiger partial charge in [0.1, 0.15) is 0 Å². The van der Waals surface area contributed by atoms with E-state index in [1.54, 1.807) is 0 Å². The van der Waals surface area contributed by atoms with E-state index in [4.69, 9.17) is 11.6 Å². The first kappa shape index (κ1) is 13.8. The Hall–Kier alpha value is -2.13. The molecule has 0 amide bonds. The number of rotatable bonds is 3. The summed E-state index contributed by atoms with van der Waals surface area (Å²) in [4.78, 5) is 0. The zero-order valence-corrected chi connectivity index (χ0v) is 12.7. The first-order valence-corrected chi connectivity index (χ1v) is 7.27. The molecule has 0 radical (unpaired) electrons. The molecular formula is C17H16ClN3. The number of benzene rings is 2. The van der Waals surface area contributed by atoms with Gasteiger partial charge in [-0.1, -0.05) is 60.2 Å². The van der Waals surface area contributed by atoms with Crippen LogP contribution in [-0.2, 0) is 0 Å². The number of aryl methyl sites for hydroxylation is 1. The van der Waals surface area contributed by atoms with Crippen molar-refractivity contribution in [2.45, 2.75) is 19.9 Å². The van der Waals surface area contributed by atoms with Crippen LogP contribution in [0, 0.1) is 6.92 Å². The van der Waals surface area contributed by atoms with E-state index < -0.39 is 0 Å². The Labute approximate surface area is 129 Å². The summed E-state index contributed by atoms with van der Waals surface area (Å²) < 4.78 is 1.96. The molecular weight excluding hydrogens is 282 g/mol. The molecule has 0 aliphatic carbocycles. The Kier molecular flexibility index (Phi) is 3.76. The summed E-state index contributed by atoms with van der Waals surface area (Å²) in [6.45, 7) is 4.18. The number of nitrogens with zero attached hydrogens (tertiary/aromatic N) is 3. The highest BCUT2D eigenvalue weighted by Crippen LogP contribution is 2.28. The van der Waals surface area contributed by atoms with E-state index in [9.17, 15) is 0 Å². The van der Waals surface area contributed by atoms with Crippen molar-refractivity contribution in [1.82, 2.24) is 14.8 Å². The zero-order valence-electron chi connectivity index (χ0n) is 12.0. The molecule has 0 aliphatic rings. The minimum Gasteiger partial charge on any atom is -0.290 e. The average molecular weight is 298 g/mol. The van der Waals surface area contributed by atoms with Crippen molar-refractivity contribution in [3.05, 3.63) is 71.0 Å². The third-order valence-electron chi connectivity index (χ3n) is 3.63.